The molecule has 0 aliphatic carbocycles. The summed E-state index contributed by atoms with van der Waals surface area (Å²) in [6.07, 6.45) is 1.58. The molecule has 21 heavy (non-hydrogen) atoms. The molecule has 3 heteroatoms. The lowest BCUT2D eigenvalue weighted by Gasteiger charge is -2.23. The number of nitriles is 1. The molecule has 1 unspecified atom stereocenters. The minimum absolute atomic E-state index is 0.246. The Morgan fingerprint density at radius 2 is 1.90 bits per heavy atom. The molecule has 1 aliphatic heterocycles. The zero-order chi connectivity index (χ0) is 14.8. The summed E-state index contributed by atoms with van der Waals surface area (Å²) in [5.74, 6) is -0.246. The van der Waals surface area contributed by atoms with Crippen LogP contribution < -0.4 is 0 Å². The predicted molar refractivity (Wildman–Crippen MR) is 80.3 cm³/mol. The van der Waals surface area contributed by atoms with Crippen molar-refractivity contribution in [3.05, 3.63) is 70.5 Å². The van der Waals surface area contributed by atoms with Gasteiger partial charge < -0.3 is 0 Å². The number of benzene rings is 2. The molecule has 0 aromatic heterocycles. The second kappa shape index (κ2) is 5.67. The van der Waals surface area contributed by atoms with E-state index in [4.69, 9.17) is 0 Å². The fourth-order valence-corrected chi connectivity index (χ4v) is 3.00. The third kappa shape index (κ3) is 2.68. The third-order valence-corrected chi connectivity index (χ3v) is 4.20. The van der Waals surface area contributed by atoms with E-state index < -0.39 is 0 Å². The summed E-state index contributed by atoms with van der Waals surface area (Å²) in [6.45, 7) is 0.812. The number of fused-ring (bicyclic) bond motifs is 2. The molecule has 0 saturated heterocycles. The van der Waals surface area contributed by atoms with E-state index in [1.54, 1.807) is 12.1 Å². The van der Waals surface area contributed by atoms with Crippen LogP contribution in [0.15, 0.2) is 42.5 Å². The van der Waals surface area contributed by atoms with E-state index in [1.165, 1.54) is 17.2 Å². The highest BCUT2D eigenvalue weighted by Crippen LogP contribution is 2.28. The van der Waals surface area contributed by atoms with Gasteiger partial charge in [0.2, 0.25) is 0 Å². The lowest BCUT2D eigenvalue weighted by molar-refractivity contribution is 0.295. The van der Waals surface area contributed by atoms with Crippen LogP contribution in [-0.2, 0) is 12.8 Å². The smallest absolute Gasteiger partial charge is 0.123 e. The van der Waals surface area contributed by atoms with Crippen molar-refractivity contribution < 1.29 is 4.39 Å². The van der Waals surface area contributed by atoms with E-state index in [0.29, 0.717) is 6.42 Å². The van der Waals surface area contributed by atoms with Gasteiger partial charge in [-0.05, 0) is 54.3 Å². The van der Waals surface area contributed by atoms with Crippen molar-refractivity contribution >= 4 is 0 Å². The molecule has 0 saturated carbocycles. The van der Waals surface area contributed by atoms with Crippen LogP contribution in [0, 0.1) is 17.1 Å². The van der Waals surface area contributed by atoms with Crippen LogP contribution in [0.25, 0.3) is 0 Å². The fourth-order valence-electron chi connectivity index (χ4n) is 3.00. The van der Waals surface area contributed by atoms with Crippen LogP contribution in [0.3, 0.4) is 0 Å². The Morgan fingerprint density at radius 1 is 1.14 bits per heavy atom. The molecule has 1 aliphatic rings. The van der Waals surface area contributed by atoms with Gasteiger partial charge >= 0.3 is 0 Å². The average molecular weight is 280 g/mol. The molecule has 3 rings (SSSR count). The van der Waals surface area contributed by atoms with Crippen molar-refractivity contribution in [1.82, 2.24) is 4.90 Å². The van der Waals surface area contributed by atoms with Crippen LogP contribution in [0.2, 0.25) is 0 Å². The fraction of sp³-hybridized carbons (Fsp3) is 0.278. The summed E-state index contributed by atoms with van der Waals surface area (Å²) in [7, 11) is 1.95. The molecule has 2 nitrogen and oxygen atoms in total. The molecule has 0 radical (unpaired) electrons. The number of halogens is 1. The van der Waals surface area contributed by atoms with Gasteiger partial charge in [0, 0.05) is 6.54 Å². The lowest BCUT2D eigenvalue weighted by atomic mass is 9.93. The zero-order valence-corrected chi connectivity index (χ0v) is 12.0. The molecule has 2 aromatic rings. The first-order valence-corrected chi connectivity index (χ1v) is 7.14. The molecule has 0 fully saturated rings. The summed E-state index contributed by atoms with van der Waals surface area (Å²) in [6, 6.07) is 15.1. The highest BCUT2D eigenvalue weighted by Gasteiger charge is 2.22. The monoisotopic (exact) mass is 280 g/mol. The first-order valence-electron chi connectivity index (χ1n) is 7.14. The first-order chi connectivity index (χ1) is 10.2. The molecular formula is C18H17FN2. The number of hydrogen-bond acceptors (Lipinski definition) is 2. The molecule has 0 spiro atoms. The minimum atomic E-state index is -0.324. The number of rotatable bonds is 0. The molecule has 2 aromatic carbocycles. The van der Waals surface area contributed by atoms with E-state index in [1.807, 2.05) is 24.1 Å². The summed E-state index contributed by atoms with van der Waals surface area (Å²) in [5.41, 5.74) is 4.32. The Bertz CT molecular complexity index is 703. The van der Waals surface area contributed by atoms with E-state index in [0.717, 1.165) is 24.1 Å². The molecule has 106 valence electrons. The normalized spacial score (nSPS) is 18.6. The maximum absolute atomic E-state index is 13.6. The molecular weight excluding hydrogens is 263 g/mol. The second-order valence-corrected chi connectivity index (χ2v) is 5.55. The van der Waals surface area contributed by atoms with Gasteiger partial charge in [-0.2, -0.15) is 5.26 Å². The minimum Gasteiger partial charge on any atom is -0.287 e. The van der Waals surface area contributed by atoms with Crippen LogP contribution in [-0.4, -0.2) is 18.5 Å². The van der Waals surface area contributed by atoms with Gasteiger partial charge in [-0.1, -0.05) is 30.3 Å². The summed E-state index contributed by atoms with van der Waals surface area (Å²) < 4.78 is 13.6. The van der Waals surface area contributed by atoms with Gasteiger partial charge in [0.25, 0.3) is 0 Å². The van der Waals surface area contributed by atoms with E-state index >= 15 is 0 Å². The molecule has 0 N–H and O–H groups in total. The summed E-state index contributed by atoms with van der Waals surface area (Å²) in [4.78, 5) is 2.04. The molecule has 1 atom stereocenters. The molecule has 0 amide bonds. The van der Waals surface area contributed by atoms with Crippen LogP contribution >= 0.6 is 0 Å². The summed E-state index contributed by atoms with van der Waals surface area (Å²) >= 11 is 0. The Labute approximate surface area is 124 Å². The topological polar surface area (TPSA) is 27.0 Å². The average Bonchev–Trinajstić information content (AvgIpc) is 2.53. The van der Waals surface area contributed by atoms with Crippen molar-refractivity contribution in [2.75, 3.05) is 13.6 Å². The lowest BCUT2D eigenvalue weighted by Crippen LogP contribution is -2.26. The van der Waals surface area contributed by atoms with Crippen LogP contribution in [0.1, 0.15) is 28.3 Å². The van der Waals surface area contributed by atoms with Crippen molar-refractivity contribution in [1.29, 1.82) is 5.26 Å². The van der Waals surface area contributed by atoms with Crippen LogP contribution in [0.4, 0.5) is 4.39 Å². The van der Waals surface area contributed by atoms with E-state index in [2.05, 4.69) is 18.2 Å². The molecule has 0 bridgehead atoms. The highest BCUT2D eigenvalue weighted by molar-refractivity contribution is 5.40. The largest absolute Gasteiger partial charge is 0.287 e. The van der Waals surface area contributed by atoms with Gasteiger partial charge in [-0.3, -0.25) is 4.90 Å². The Hall–Kier alpha value is -2.18. The quantitative estimate of drug-likeness (QED) is 0.739. The van der Waals surface area contributed by atoms with Crippen molar-refractivity contribution in [3.63, 3.8) is 0 Å². The standard InChI is InChI=1S/C18H17FN2/c1-21-9-8-13-4-2-3-5-14(13)10-15-11-16(19)6-7-17(15)18(21)12-20/h2-7,11,18H,8-10H2,1H3. The van der Waals surface area contributed by atoms with Crippen molar-refractivity contribution in [3.8, 4) is 6.07 Å². The SMILES string of the molecule is CN1CCc2ccccc2Cc2cc(F)ccc2C1C#N. The Morgan fingerprint density at radius 3 is 2.67 bits per heavy atom. The van der Waals surface area contributed by atoms with Gasteiger partial charge in [0.05, 0.1) is 6.07 Å². The maximum atomic E-state index is 13.6. The Kier molecular flexibility index (Phi) is 3.72. The van der Waals surface area contributed by atoms with Gasteiger partial charge in [0.1, 0.15) is 11.9 Å². The first kappa shape index (κ1) is 13.8. The number of likely N-dealkylation sites (N-methyl/N-ethyl adjacent to an activating group) is 1. The number of hydrogen-bond donors (Lipinski definition) is 0. The third-order valence-electron chi connectivity index (χ3n) is 4.20. The molecule has 1 heterocycles. The van der Waals surface area contributed by atoms with Crippen molar-refractivity contribution in [2.24, 2.45) is 0 Å². The van der Waals surface area contributed by atoms with Gasteiger partial charge in [-0.15, -0.1) is 0 Å². The highest BCUT2D eigenvalue weighted by atomic mass is 19.1. The maximum Gasteiger partial charge on any atom is 0.123 e. The Balaban J connectivity index is 2.16. The van der Waals surface area contributed by atoms with Crippen molar-refractivity contribution in [2.45, 2.75) is 18.9 Å². The summed E-state index contributed by atoms with van der Waals surface area (Å²) in [5, 5.41) is 9.52. The zero-order valence-electron chi connectivity index (χ0n) is 12.0. The number of nitrogens with zero attached hydrogens (tertiary/aromatic N) is 2. The van der Waals surface area contributed by atoms with E-state index in [-0.39, 0.29) is 11.9 Å². The van der Waals surface area contributed by atoms with Crippen LogP contribution in [0.5, 0.6) is 0 Å². The second-order valence-electron chi connectivity index (χ2n) is 5.55. The predicted octanol–water partition coefficient (Wildman–Crippen LogP) is 3.47. The van der Waals surface area contributed by atoms with Gasteiger partial charge in [-0.25, -0.2) is 4.39 Å². The van der Waals surface area contributed by atoms with E-state index in [9.17, 15) is 9.65 Å². The van der Waals surface area contributed by atoms with Gasteiger partial charge in [0.15, 0.2) is 0 Å².